The number of methoxy groups -OCH3 is 1. The molecule has 1 fully saturated rings. The average Bonchev–Trinajstić information content (AvgIpc) is 2.29. The van der Waals surface area contributed by atoms with Crippen molar-refractivity contribution in [1.82, 2.24) is 0 Å². The van der Waals surface area contributed by atoms with Crippen molar-refractivity contribution in [3.8, 4) is 5.75 Å². The van der Waals surface area contributed by atoms with Crippen LogP contribution >= 0.6 is 0 Å². The summed E-state index contributed by atoms with van der Waals surface area (Å²) in [6.45, 7) is 0. The normalized spacial score (nSPS) is 27.3. The van der Waals surface area contributed by atoms with Crippen LogP contribution in [0.3, 0.4) is 0 Å². The molecule has 17 heavy (non-hydrogen) atoms. The van der Waals surface area contributed by atoms with Gasteiger partial charge in [-0.2, -0.15) is 0 Å². The van der Waals surface area contributed by atoms with E-state index in [0.717, 1.165) is 0 Å². The van der Waals surface area contributed by atoms with Crippen molar-refractivity contribution >= 4 is 5.69 Å². The lowest BCUT2D eigenvalue weighted by atomic mass is 9.88. The van der Waals surface area contributed by atoms with E-state index in [4.69, 9.17) is 9.47 Å². The van der Waals surface area contributed by atoms with E-state index in [1.165, 1.54) is 19.2 Å². The predicted molar refractivity (Wildman–Crippen MR) is 58.9 cm³/mol. The molecular formula is C11H13NO5. The van der Waals surface area contributed by atoms with Gasteiger partial charge >= 0.3 is 5.69 Å². The second-order valence-electron chi connectivity index (χ2n) is 3.88. The molecule has 2 rings (SSSR count). The summed E-state index contributed by atoms with van der Waals surface area (Å²) in [5.41, 5.74) is -0.0799. The van der Waals surface area contributed by atoms with E-state index in [0.29, 0.717) is 6.42 Å². The van der Waals surface area contributed by atoms with Crippen LogP contribution in [0.5, 0.6) is 5.75 Å². The van der Waals surface area contributed by atoms with Crippen LogP contribution in [-0.4, -0.2) is 35.5 Å². The van der Waals surface area contributed by atoms with Gasteiger partial charge in [-0.15, -0.1) is 0 Å². The summed E-state index contributed by atoms with van der Waals surface area (Å²) in [7, 11) is 1.48. The largest absolute Gasteiger partial charge is 0.481 e. The molecule has 1 aliphatic carbocycles. The maximum absolute atomic E-state index is 10.8. The van der Waals surface area contributed by atoms with E-state index in [1.807, 2.05) is 0 Å². The molecule has 1 saturated carbocycles. The van der Waals surface area contributed by atoms with E-state index in [1.54, 1.807) is 12.1 Å². The van der Waals surface area contributed by atoms with Crippen LogP contribution < -0.4 is 4.74 Å². The SMILES string of the molecule is COC1C(O)CC1Oc1ccccc1[N+](=O)[O-]. The lowest BCUT2D eigenvalue weighted by Gasteiger charge is -2.39. The lowest BCUT2D eigenvalue weighted by molar-refractivity contribution is -0.386. The van der Waals surface area contributed by atoms with Crippen molar-refractivity contribution in [2.24, 2.45) is 0 Å². The summed E-state index contributed by atoms with van der Waals surface area (Å²) in [5.74, 6) is 0.205. The van der Waals surface area contributed by atoms with Gasteiger partial charge in [0, 0.05) is 19.6 Å². The average molecular weight is 239 g/mol. The Hall–Kier alpha value is -1.66. The summed E-state index contributed by atoms with van der Waals surface area (Å²) >= 11 is 0. The van der Waals surface area contributed by atoms with Crippen LogP contribution in [0.2, 0.25) is 0 Å². The number of aliphatic hydroxyl groups excluding tert-OH is 1. The first kappa shape index (κ1) is 11.8. The number of rotatable bonds is 4. The van der Waals surface area contributed by atoms with Gasteiger partial charge in [0.15, 0.2) is 5.75 Å². The fourth-order valence-corrected chi connectivity index (χ4v) is 1.85. The summed E-state index contributed by atoms with van der Waals surface area (Å²) in [6, 6.07) is 6.16. The molecule has 6 nitrogen and oxygen atoms in total. The van der Waals surface area contributed by atoms with Gasteiger partial charge in [0.25, 0.3) is 0 Å². The highest BCUT2D eigenvalue weighted by atomic mass is 16.6. The summed E-state index contributed by atoms with van der Waals surface area (Å²) in [4.78, 5) is 10.3. The summed E-state index contributed by atoms with van der Waals surface area (Å²) in [5, 5.41) is 20.2. The number of para-hydroxylation sites is 2. The van der Waals surface area contributed by atoms with Crippen LogP contribution in [0.15, 0.2) is 24.3 Å². The standard InChI is InChI=1S/C11H13NO5/c1-16-11-8(13)6-10(11)17-9-5-3-2-4-7(9)12(14)15/h2-5,8,10-11,13H,6H2,1H3. The van der Waals surface area contributed by atoms with Crippen LogP contribution in [-0.2, 0) is 4.74 Å². The Labute approximate surface area is 97.9 Å². The minimum absolute atomic E-state index is 0.0799. The zero-order chi connectivity index (χ0) is 12.4. The van der Waals surface area contributed by atoms with E-state index in [9.17, 15) is 15.2 Å². The molecule has 0 amide bonds. The van der Waals surface area contributed by atoms with Gasteiger partial charge in [0.05, 0.1) is 11.0 Å². The lowest BCUT2D eigenvalue weighted by Crippen LogP contribution is -2.54. The van der Waals surface area contributed by atoms with Gasteiger partial charge in [0.1, 0.15) is 12.2 Å². The van der Waals surface area contributed by atoms with Crippen molar-refractivity contribution in [2.45, 2.75) is 24.7 Å². The molecule has 1 aromatic carbocycles. The van der Waals surface area contributed by atoms with Crippen LogP contribution in [0.25, 0.3) is 0 Å². The number of ether oxygens (including phenoxy) is 2. The minimum Gasteiger partial charge on any atom is -0.481 e. The Kier molecular flexibility index (Phi) is 3.26. The molecule has 0 heterocycles. The Morgan fingerprint density at radius 2 is 2.18 bits per heavy atom. The topological polar surface area (TPSA) is 81.8 Å². The first-order valence-electron chi connectivity index (χ1n) is 5.24. The Morgan fingerprint density at radius 3 is 2.76 bits per heavy atom. The highest BCUT2D eigenvalue weighted by Crippen LogP contribution is 2.33. The van der Waals surface area contributed by atoms with E-state index in [-0.39, 0.29) is 17.5 Å². The second kappa shape index (κ2) is 4.68. The van der Waals surface area contributed by atoms with Crippen LogP contribution in [0.4, 0.5) is 5.69 Å². The quantitative estimate of drug-likeness (QED) is 0.629. The highest BCUT2D eigenvalue weighted by molar-refractivity contribution is 5.46. The van der Waals surface area contributed by atoms with Crippen molar-refractivity contribution in [2.75, 3.05) is 7.11 Å². The number of hydrogen-bond acceptors (Lipinski definition) is 5. The maximum Gasteiger partial charge on any atom is 0.310 e. The molecule has 1 aromatic rings. The molecule has 1 N–H and O–H groups in total. The van der Waals surface area contributed by atoms with E-state index < -0.39 is 17.1 Å². The van der Waals surface area contributed by atoms with Crippen molar-refractivity contribution < 1.29 is 19.5 Å². The van der Waals surface area contributed by atoms with Crippen LogP contribution in [0.1, 0.15) is 6.42 Å². The molecule has 0 saturated heterocycles. The van der Waals surface area contributed by atoms with Gasteiger partial charge in [0.2, 0.25) is 0 Å². The molecule has 92 valence electrons. The summed E-state index contributed by atoms with van der Waals surface area (Å²) < 4.78 is 10.5. The molecule has 0 spiro atoms. The minimum atomic E-state index is -0.562. The zero-order valence-corrected chi connectivity index (χ0v) is 9.28. The van der Waals surface area contributed by atoms with Gasteiger partial charge in [-0.1, -0.05) is 12.1 Å². The third kappa shape index (κ3) is 2.22. The Bertz CT molecular complexity index is 422. The summed E-state index contributed by atoms with van der Waals surface area (Å²) in [6.07, 6.45) is -0.899. The monoisotopic (exact) mass is 239 g/mol. The third-order valence-electron chi connectivity index (χ3n) is 2.83. The highest BCUT2D eigenvalue weighted by Gasteiger charge is 2.42. The zero-order valence-electron chi connectivity index (χ0n) is 9.28. The smallest absolute Gasteiger partial charge is 0.310 e. The second-order valence-corrected chi connectivity index (χ2v) is 3.88. The first-order chi connectivity index (χ1) is 8.13. The predicted octanol–water partition coefficient (Wildman–Crippen LogP) is 1.12. The Balaban J connectivity index is 2.12. The number of hydrogen-bond donors (Lipinski definition) is 1. The van der Waals surface area contributed by atoms with Crippen molar-refractivity contribution in [3.05, 3.63) is 34.4 Å². The molecule has 0 aliphatic heterocycles. The number of benzene rings is 1. The number of nitrogens with zero attached hydrogens (tertiary/aromatic N) is 1. The number of nitro benzene ring substituents is 1. The number of nitro groups is 1. The van der Waals surface area contributed by atoms with Crippen LogP contribution in [0, 0.1) is 10.1 Å². The number of aliphatic hydroxyl groups is 1. The molecule has 0 radical (unpaired) electrons. The molecule has 3 atom stereocenters. The van der Waals surface area contributed by atoms with Gasteiger partial charge in [-0.25, -0.2) is 0 Å². The first-order valence-corrected chi connectivity index (χ1v) is 5.24. The molecular weight excluding hydrogens is 226 g/mol. The van der Waals surface area contributed by atoms with E-state index in [2.05, 4.69) is 0 Å². The molecule has 1 aliphatic rings. The van der Waals surface area contributed by atoms with Gasteiger partial charge in [-0.3, -0.25) is 10.1 Å². The van der Waals surface area contributed by atoms with Gasteiger partial charge in [-0.05, 0) is 6.07 Å². The van der Waals surface area contributed by atoms with Crippen molar-refractivity contribution in [3.63, 3.8) is 0 Å². The maximum atomic E-state index is 10.8. The van der Waals surface area contributed by atoms with Gasteiger partial charge < -0.3 is 14.6 Å². The molecule has 0 aromatic heterocycles. The van der Waals surface area contributed by atoms with Crippen molar-refractivity contribution in [1.29, 1.82) is 0 Å². The fraction of sp³-hybridized carbons (Fsp3) is 0.455. The molecule has 3 unspecified atom stereocenters. The Morgan fingerprint density at radius 1 is 1.47 bits per heavy atom. The fourth-order valence-electron chi connectivity index (χ4n) is 1.85. The third-order valence-corrected chi connectivity index (χ3v) is 2.83. The molecule has 0 bridgehead atoms. The molecule has 6 heteroatoms. The van der Waals surface area contributed by atoms with E-state index >= 15 is 0 Å².